The fourth-order valence-electron chi connectivity index (χ4n) is 1.12. The second-order valence-corrected chi connectivity index (χ2v) is 4.45. The van der Waals surface area contributed by atoms with E-state index in [4.69, 9.17) is 0 Å². The lowest BCUT2D eigenvalue weighted by atomic mass is 9.84. The van der Waals surface area contributed by atoms with Gasteiger partial charge in [0.05, 0.1) is 4.83 Å². The van der Waals surface area contributed by atoms with Gasteiger partial charge in [-0.15, -0.1) is 0 Å². The van der Waals surface area contributed by atoms with Gasteiger partial charge in [-0.2, -0.15) is 0 Å². The first-order valence-electron chi connectivity index (χ1n) is 3.43. The van der Waals surface area contributed by atoms with Gasteiger partial charge in [-0.05, 0) is 0 Å². The maximum absolute atomic E-state index is 11.4. The van der Waals surface area contributed by atoms with E-state index in [1.54, 1.807) is 0 Å². The van der Waals surface area contributed by atoms with Gasteiger partial charge in [0.25, 0.3) is 0 Å². The van der Waals surface area contributed by atoms with Crippen LogP contribution >= 0.6 is 15.9 Å². The summed E-state index contributed by atoms with van der Waals surface area (Å²) in [6.07, 6.45) is 0. The number of hydrogen-bond donors (Lipinski definition) is 1. The van der Waals surface area contributed by atoms with Crippen LogP contribution in [0.3, 0.4) is 0 Å². The summed E-state index contributed by atoms with van der Waals surface area (Å²) in [6.45, 7) is 5.50. The molecule has 0 aromatic carbocycles. The molecular weight excluding hydrogens is 194 g/mol. The molecule has 10 heavy (non-hydrogen) atoms. The number of alkyl halides is 1. The Bertz CT molecular complexity index is 156. The van der Waals surface area contributed by atoms with Crippen LogP contribution in [0.1, 0.15) is 13.8 Å². The Balaban J connectivity index is 2.70. The van der Waals surface area contributed by atoms with E-state index < -0.39 is 0 Å². The first-order valence-corrected chi connectivity index (χ1v) is 4.35. The molecule has 1 N–H and O–H groups in total. The van der Waals surface area contributed by atoms with Crippen molar-refractivity contribution in [1.29, 1.82) is 0 Å². The summed E-state index contributed by atoms with van der Waals surface area (Å²) < 4.78 is 0. The third-order valence-corrected chi connectivity index (χ3v) is 2.58. The van der Waals surface area contributed by atoms with Crippen molar-refractivity contribution in [3.63, 3.8) is 0 Å². The number of carbonyl (C=O) groups excluding carboxylic acids is 1. The molecule has 0 aliphatic carbocycles. The van der Waals surface area contributed by atoms with Gasteiger partial charge in [-0.3, -0.25) is 4.79 Å². The van der Waals surface area contributed by atoms with Crippen LogP contribution in [-0.4, -0.2) is 23.7 Å². The molecule has 58 valence electrons. The predicted molar refractivity (Wildman–Crippen MR) is 44.4 cm³/mol. The molecule has 0 aromatic heterocycles. The standard InChI is InChI=1S/C7H12BrNO/c1-7(2)4-9-3-5(8)6(7)10/h5,9H,3-4H2,1-2H3. The van der Waals surface area contributed by atoms with Crippen LogP contribution in [0.15, 0.2) is 0 Å². The van der Waals surface area contributed by atoms with Crippen LogP contribution in [0.5, 0.6) is 0 Å². The lowest BCUT2D eigenvalue weighted by Crippen LogP contribution is -2.49. The predicted octanol–water partition coefficient (Wildman–Crippen LogP) is 0.948. The Labute approximate surface area is 69.5 Å². The average molecular weight is 206 g/mol. The van der Waals surface area contributed by atoms with Gasteiger partial charge in [0.15, 0.2) is 5.78 Å². The molecule has 1 atom stereocenters. The maximum Gasteiger partial charge on any atom is 0.154 e. The minimum Gasteiger partial charge on any atom is -0.314 e. The number of carbonyl (C=O) groups is 1. The summed E-state index contributed by atoms with van der Waals surface area (Å²) in [5.74, 6) is 0.311. The molecular formula is C7H12BrNO. The van der Waals surface area contributed by atoms with Gasteiger partial charge < -0.3 is 5.32 Å². The number of hydrogen-bond acceptors (Lipinski definition) is 2. The topological polar surface area (TPSA) is 29.1 Å². The third kappa shape index (κ3) is 1.40. The molecule has 0 amide bonds. The summed E-state index contributed by atoms with van der Waals surface area (Å²) in [7, 11) is 0. The Hall–Kier alpha value is 0.110. The minimum atomic E-state index is -0.188. The number of rotatable bonds is 0. The molecule has 0 saturated carbocycles. The molecule has 1 rings (SSSR count). The zero-order valence-electron chi connectivity index (χ0n) is 6.28. The second kappa shape index (κ2) is 2.62. The molecule has 1 saturated heterocycles. The van der Waals surface area contributed by atoms with Crippen LogP contribution in [-0.2, 0) is 4.79 Å². The van der Waals surface area contributed by atoms with Gasteiger partial charge in [0, 0.05) is 18.5 Å². The van der Waals surface area contributed by atoms with E-state index in [0.717, 1.165) is 13.1 Å². The molecule has 1 fully saturated rings. The summed E-state index contributed by atoms with van der Waals surface area (Å²) in [5.41, 5.74) is -0.188. The van der Waals surface area contributed by atoms with Gasteiger partial charge in [0.1, 0.15) is 0 Å². The van der Waals surface area contributed by atoms with Gasteiger partial charge >= 0.3 is 0 Å². The number of nitrogens with one attached hydrogen (secondary N) is 1. The fraction of sp³-hybridized carbons (Fsp3) is 0.857. The van der Waals surface area contributed by atoms with Crippen molar-refractivity contribution in [2.24, 2.45) is 5.41 Å². The molecule has 1 aliphatic heterocycles. The highest BCUT2D eigenvalue weighted by Crippen LogP contribution is 2.23. The van der Waals surface area contributed by atoms with Crippen molar-refractivity contribution in [3.8, 4) is 0 Å². The van der Waals surface area contributed by atoms with Crippen LogP contribution in [0.2, 0.25) is 0 Å². The lowest BCUT2D eigenvalue weighted by molar-refractivity contribution is -0.127. The van der Waals surface area contributed by atoms with Crippen molar-refractivity contribution in [3.05, 3.63) is 0 Å². The average Bonchev–Trinajstić information content (AvgIpc) is 1.83. The number of piperidine rings is 1. The second-order valence-electron chi connectivity index (χ2n) is 3.35. The van der Waals surface area contributed by atoms with E-state index in [0.29, 0.717) is 5.78 Å². The highest BCUT2D eigenvalue weighted by molar-refractivity contribution is 9.10. The molecule has 0 aromatic rings. The molecule has 1 heterocycles. The van der Waals surface area contributed by atoms with E-state index in [1.165, 1.54) is 0 Å². The molecule has 0 spiro atoms. The van der Waals surface area contributed by atoms with Gasteiger partial charge in [0.2, 0.25) is 0 Å². The van der Waals surface area contributed by atoms with Crippen molar-refractivity contribution >= 4 is 21.7 Å². The lowest BCUT2D eigenvalue weighted by Gasteiger charge is -2.31. The van der Waals surface area contributed by atoms with Crippen LogP contribution < -0.4 is 5.32 Å². The summed E-state index contributed by atoms with van der Waals surface area (Å²) >= 11 is 3.32. The minimum absolute atomic E-state index is 0.0104. The normalized spacial score (nSPS) is 32.3. The zero-order chi connectivity index (χ0) is 7.78. The van der Waals surface area contributed by atoms with Gasteiger partial charge in [-0.25, -0.2) is 0 Å². The Morgan fingerprint density at radius 1 is 1.70 bits per heavy atom. The summed E-state index contributed by atoms with van der Waals surface area (Å²) in [4.78, 5) is 11.4. The SMILES string of the molecule is CC1(C)CNCC(Br)C1=O. The highest BCUT2D eigenvalue weighted by Gasteiger charge is 2.35. The Morgan fingerprint density at radius 3 is 2.70 bits per heavy atom. The zero-order valence-corrected chi connectivity index (χ0v) is 7.86. The molecule has 3 heteroatoms. The molecule has 0 bridgehead atoms. The monoisotopic (exact) mass is 205 g/mol. The van der Waals surface area contributed by atoms with Crippen molar-refractivity contribution in [1.82, 2.24) is 5.32 Å². The molecule has 2 nitrogen and oxygen atoms in total. The smallest absolute Gasteiger partial charge is 0.154 e. The highest BCUT2D eigenvalue weighted by atomic mass is 79.9. The molecule has 1 unspecified atom stereocenters. The number of halogens is 1. The largest absolute Gasteiger partial charge is 0.314 e. The number of ketones is 1. The molecule has 0 radical (unpaired) electrons. The molecule has 1 aliphatic rings. The quantitative estimate of drug-likeness (QED) is 0.598. The van der Waals surface area contributed by atoms with Crippen molar-refractivity contribution in [2.45, 2.75) is 18.7 Å². The van der Waals surface area contributed by atoms with Crippen LogP contribution in [0.4, 0.5) is 0 Å². The third-order valence-electron chi connectivity index (χ3n) is 1.84. The first-order chi connectivity index (χ1) is 4.54. The Morgan fingerprint density at radius 2 is 2.30 bits per heavy atom. The van der Waals surface area contributed by atoms with Crippen LogP contribution in [0.25, 0.3) is 0 Å². The van der Waals surface area contributed by atoms with Crippen LogP contribution in [0, 0.1) is 5.41 Å². The summed E-state index contributed by atoms with van der Waals surface area (Å²) in [6, 6.07) is 0. The van der Waals surface area contributed by atoms with Crippen molar-refractivity contribution < 1.29 is 4.79 Å². The van der Waals surface area contributed by atoms with E-state index >= 15 is 0 Å². The summed E-state index contributed by atoms with van der Waals surface area (Å²) in [5, 5.41) is 3.19. The fourth-order valence-corrected chi connectivity index (χ4v) is 1.96. The van der Waals surface area contributed by atoms with E-state index in [9.17, 15) is 4.79 Å². The maximum atomic E-state index is 11.4. The first kappa shape index (κ1) is 8.21. The van der Waals surface area contributed by atoms with E-state index in [-0.39, 0.29) is 10.2 Å². The van der Waals surface area contributed by atoms with E-state index in [2.05, 4.69) is 21.2 Å². The van der Waals surface area contributed by atoms with Crippen molar-refractivity contribution in [2.75, 3.05) is 13.1 Å². The van der Waals surface area contributed by atoms with Gasteiger partial charge in [-0.1, -0.05) is 29.8 Å². The Kier molecular flexibility index (Phi) is 2.15. The van der Waals surface area contributed by atoms with E-state index in [1.807, 2.05) is 13.8 Å². The number of Topliss-reactive ketones (excluding diaryl/α,β-unsaturated/α-hetero) is 1.